The van der Waals surface area contributed by atoms with E-state index in [1.807, 2.05) is 6.92 Å². The van der Waals surface area contributed by atoms with Crippen molar-refractivity contribution in [2.24, 2.45) is 0 Å². The lowest BCUT2D eigenvalue weighted by Gasteiger charge is -2.03. The zero-order chi connectivity index (χ0) is 10.6. The van der Waals surface area contributed by atoms with Crippen molar-refractivity contribution in [3.8, 4) is 0 Å². The maximum absolute atomic E-state index is 10.7. The number of carboxylic acids is 1. The van der Waals surface area contributed by atoms with E-state index in [0.717, 1.165) is 6.42 Å². The summed E-state index contributed by atoms with van der Waals surface area (Å²) < 4.78 is 6.46. The van der Waals surface area contributed by atoms with Gasteiger partial charge in [-0.05, 0) is 6.42 Å². The van der Waals surface area contributed by atoms with E-state index in [-0.39, 0.29) is 12.3 Å². The summed E-state index contributed by atoms with van der Waals surface area (Å²) in [5.74, 6) is -1.07. The number of methoxy groups -OCH3 is 1. The van der Waals surface area contributed by atoms with Gasteiger partial charge in [-0.15, -0.1) is 5.10 Å². The Hall–Kier alpha value is -1.43. The van der Waals surface area contributed by atoms with Gasteiger partial charge in [-0.25, -0.2) is 9.48 Å². The SMILES string of the molecule is CCCn1nnc(C(=O)O)c1COC. The van der Waals surface area contributed by atoms with Crippen LogP contribution in [0.1, 0.15) is 29.5 Å². The van der Waals surface area contributed by atoms with Crippen LogP contribution in [0, 0.1) is 0 Å². The minimum absolute atomic E-state index is 0.0275. The van der Waals surface area contributed by atoms with Gasteiger partial charge in [-0.2, -0.15) is 0 Å². The molecule has 0 bridgehead atoms. The Balaban J connectivity index is 3.00. The monoisotopic (exact) mass is 199 g/mol. The van der Waals surface area contributed by atoms with E-state index in [0.29, 0.717) is 12.2 Å². The molecular formula is C8H13N3O3. The van der Waals surface area contributed by atoms with Crippen LogP contribution in [-0.4, -0.2) is 33.2 Å². The molecular weight excluding hydrogens is 186 g/mol. The largest absolute Gasteiger partial charge is 0.476 e. The third-order valence-electron chi connectivity index (χ3n) is 1.76. The van der Waals surface area contributed by atoms with E-state index in [9.17, 15) is 4.79 Å². The molecule has 6 nitrogen and oxygen atoms in total. The van der Waals surface area contributed by atoms with Crippen LogP contribution >= 0.6 is 0 Å². The smallest absolute Gasteiger partial charge is 0.358 e. The predicted octanol–water partition coefficient (Wildman–Crippen LogP) is 0.533. The number of carboxylic acid groups (broad SMARTS) is 1. The number of hydrogen-bond acceptors (Lipinski definition) is 4. The Morgan fingerprint density at radius 3 is 2.86 bits per heavy atom. The predicted molar refractivity (Wildman–Crippen MR) is 48.0 cm³/mol. The molecule has 1 N–H and O–H groups in total. The highest BCUT2D eigenvalue weighted by Crippen LogP contribution is 2.07. The van der Waals surface area contributed by atoms with Crippen LogP contribution in [0.3, 0.4) is 0 Å². The van der Waals surface area contributed by atoms with Crippen LogP contribution in [0.2, 0.25) is 0 Å². The first-order valence-corrected chi connectivity index (χ1v) is 4.35. The molecule has 6 heteroatoms. The second kappa shape index (κ2) is 4.71. The fraction of sp³-hybridized carbons (Fsp3) is 0.625. The molecule has 1 aromatic heterocycles. The van der Waals surface area contributed by atoms with Gasteiger partial charge in [0.05, 0.1) is 12.3 Å². The first kappa shape index (κ1) is 10.6. The van der Waals surface area contributed by atoms with Crippen molar-refractivity contribution in [2.75, 3.05) is 7.11 Å². The summed E-state index contributed by atoms with van der Waals surface area (Å²) in [6, 6.07) is 0. The maximum atomic E-state index is 10.7. The number of aromatic nitrogens is 3. The number of aryl methyl sites for hydroxylation is 1. The van der Waals surface area contributed by atoms with Gasteiger partial charge in [0.2, 0.25) is 0 Å². The van der Waals surface area contributed by atoms with Crippen LogP contribution < -0.4 is 0 Å². The summed E-state index contributed by atoms with van der Waals surface area (Å²) in [4.78, 5) is 10.7. The third kappa shape index (κ3) is 2.08. The van der Waals surface area contributed by atoms with Gasteiger partial charge in [0, 0.05) is 13.7 Å². The van der Waals surface area contributed by atoms with E-state index in [4.69, 9.17) is 9.84 Å². The van der Waals surface area contributed by atoms with Gasteiger partial charge < -0.3 is 9.84 Å². The molecule has 0 aliphatic carbocycles. The molecule has 0 spiro atoms. The van der Waals surface area contributed by atoms with E-state index in [2.05, 4.69) is 10.3 Å². The molecule has 0 unspecified atom stereocenters. The van der Waals surface area contributed by atoms with Crippen LogP contribution in [-0.2, 0) is 17.9 Å². The highest BCUT2D eigenvalue weighted by atomic mass is 16.5. The molecule has 1 heterocycles. The molecule has 1 aromatic rings. The zero-order valence-electron chi connectivity index (χ0n) is 8.23. The Morgan fingerprint density at radius 1 is 1.64 bits per heavy atom. The molecule has 0 saturated heterocycles. The number of aromatic carboxylic acids is 1. The highest BCUT2D eigenvalue weighted by Gasteiger charge is 2.17. The van der Waals surface area contributed by atoms with Crippen molar-refractivity contribution in [1.82, 2.24) is 15.0 Å². The van der Waals surface area contributed by atoms with E-state index in [1.165, 1.54) is 7.11 Å². The minimum Gasteiger partial charge on any atom is -0.476 e. The van der Waals surface area contributed by atoms with Crippen LogP contribution in [0.4, 0.5) is 0 Å². The molecule has 78 valence electrons. The molecule has 1 rings (SSSR count). The quantitative estimate of drug-likeness (QED) is 0.748. The molecule has 0 atom stereocenters. The topological polar surface area (TPSA) is 77.2 Å². The number of nitrogens with zero attached hydrogens (tertiary/aromatic N) is 3. The van der Waals surface area contributed by atoms with Crippen LogP contribution in [0.15, 0.2) is 0 Å². The summed E-state index contributed by atoms with van der Waals surface area (Å²) in [7, 11) is 1.51. The highest BCUT2D eigenvalue weighted by molar-refractivity contribution is 5.86. The standard InChI is InChI=1S/C8H13N3O3/c1-3-4-11-6(5-14-2)7(8(12)13)9-10-11/h3-5H2,1-2H3,(H,12,13). The van der Waals surface area contributed by atoms with Crippen molar-refractivity contribution >= 4 is 5.97 Å². The van der Waals surface area contributed by atoms with Crippen molar-refractivity contribution in [2.45, 2.75) is 26.5 Å². The average molecular weight is 199 g/mol. The molecule has 0 radical (unpaired) electrons. The first-order chi connectivity index (χ1) is 6.70. The lowest BCUT2D eigenvalue weighted by Crippen LogP contribution is -2.09. The number of carbonyl (C=O) groups is 1. The summed E-state index contributed by atoms with van der Waals surface area (Å²) in [5, 5.41) is 16.1. The van der Waals surface area contributed by atoms with E-state index < -0.39 is 5.97 Å². The Morgan fingerprint density at radius 2 is 2.36 bits per heavy atom. The second-order valence-corrected chi connectivity index (χ2v) is 2.85. The Kier molecular flexibility index (Phi) is 3.58. The molecule has 0 saturated carbocycles. The minimum atomic E-state index is -1.07. The summed E-state index contributed by atoms with van der Waals surface area (Å²) in [6.45, 7) is 2.85. The summed E-state index contributed by atoms with van der Waals surface area (Å²) in [6.07, 6.45) is 0.874. The van der Waals surface area contributed by atoms with E-state index in [1.54, 1.807) is 4.68 Å². The van der Waals surface area contributed by atoms with Crippen molar-refractivity contribution in [3.05, 3.63) is 11.4 Å². The zero-order valence-corrected chi connectivity index (χ0v) is 8.23. The molecule has 0 aliphatic rings. The van der Waals surface area contributed by atoms with Crippen molar-refractivity contribution < 1.29 is 14.6 Å². The summed E-state index contributed by atoms with van der Waals surface area (Å²) in [5.41, 5.74) is 0.488. The normalized spacial score (nSPS) is 10.4. The van der Waals surface area contributed by atoms with Gasteiger partial charge >= 0.3 is 5.97 Å². The van der Waals surface area contributed by atoms with E-state index >= 15 is 0 Å². The molecule has 0 aromatic carbocycles. The average Bonchev–Trinajstić information content (AvgIpc) is 2.50. The first-order valence-electron chi connectivity index (χ1n) is 4.35. The van der Waals surface area contributed by atoms with Crippen LogP contribution in [0.25, 0.3) is 0 Å². The summed E-state index contributed by atoms with van der Waals surface area (Å²) >= 11 is 0. The molecule has 0 aliphatic heterocycles. The van der Waals surface area contributed by atoms with Gasteiger partial charge in [-0.3, -0.25) is 0 Å². The molecule has 14 heavy (non-hydrogen) atoms. The lowest BCUT2D eigenvalue weighted by atomic mass is 10.3. The molecule has 0 fully saturated rings. The second-order valence-electron chi connectivity index (χ2n) is 2.85. The lowest BCUT2D eigenvalue weighted by molar-refractivity contribution is 0.0684. The number of ether oxygens (including phenoxy) is 1. The third-order valence-corrected chi connectivity index (χ3v) is 1.76. The van der Waals surface area contributed by atoms with Gasteiger partial charge in [0.1, 0.15) is 0 Å². The van der Waals surface area contributed by atoms with Gasteiger partial charge in [0.15, 0.2) is 5.69 Å². The van der Waals surface area contributed by atoms with Crippen LogP contribution in [0.5, 0.6) is 0 Å². The maximum Gasteiger partial charge on any atom is 0.358 e. The fourth-order valence-corrected chi connectivity index (χ4v) is 1.17. The van der Waals surface area contributed by atoms with Crippen molar-refractivity contribution in [3.63, 3.8) is 0 Å². The van der Waals surface area contributed by atoms with Gasteiger partial charge in [0.25, 0.3) is 0 Å². The Bertz CT molecular complexity index is 322. The molecule has 0 amide bonds. The number of rotatable bonds is 5. The van der Waals surface area contributed by atoms with Crippen molar-refractivity contribution in [1.29, 1.82) is 0 Å². The van der Waals surface area contributed by atoms with Gasteiger partial charge in [-0.1, -0.05) is 12.1 Å². The Labute approximate surface area is 81.5 Å². The number of hydrogen-bond donors (Lipinski definition) is 1. The fourth-order valence-electron chi connectivity index (χ4n) is 1.17.